The number of benzene rings is 1. The summed E-state index contributed by atoms with van der Waals surface area (Å²) in [5, 5.41) is 6.02. The fraction of sp³-hybridized carbons (Fsp3) is 0.412. The summed E-state index contributed by atoms with van der Waals surface area (Å²) in [6.07, 6.45) is 2.70. The number of nitrogens with one attached hydrogen (secondary N) is 1. The summed E-state index contributed by atoms with van der Waals surface area (Å²) in [4.78, 5) is 20.8. The van der Waals surface area contributed by atoms with Crippen molar-refractivity contribution in [3.05, 3.63) is 41.4 Å². The Hall–Kier alpha value is -2.28. The normalized spacial score (nSPS) is 19.8. The first kappa shape index (κ1) is 15.3. The van der Waals surface area contributed by atoms with Gasteiger partial charge in [-0.25, -0.2) is 9.78 Å². The van der Waals surface area contributed by atoms with Gasteiger partial charge in [-0.2, -0.15) is 0 Å². The van der Waals surface area contributed by atoms with Crippen molar-refractivity contribution in [2.24, 2.45) is 0 Å². The van der Waals surface area contributed by atoms with Gasteiger partial charge in [0.2, 0.25) is 0 Å². The third-order valence-corrected chi connectivity index (χ3v) is 5.28. The zero-order chi connectivity index (χ0) is 16.4. The lowest BCUT2D eigenvalue weighted by molar-refractivity contribution is 0.182. The van der Waals surface area contributed by atoms with Gasteiger partial charge in [-0.1, -0.05) is 18.2 Å². The van der Waals surface area contributed by atoms with Gasteiger partial charge < -0.3 is 19.9 Å². The molecule has 4 rings (SSSR count). The molecule has 2 aliphatic rings. The molecule has 3 heterocycles. The molecule has 2 aliphatic heterocycles. The average Bonchev–Trinajstić information content (AvgIpc) is 3.29. The molecule has 24 heavy (non-hydrogen) atoms. The Morgan fingerprint density at radius 2 is 2.12 bits per heavy atom. The molecule has 126 valence electrons. The predicted molar refractivity (Wildman–Crippen MR) is 93.9 cm³/mol. The number of amides is 2. The molecule has 0 spiro atoms. The lowest BCUT2D eigenvalue weighted by Gasteiger charge is -2.34. The molecule has 1 unspecified atom stereocenters. The van der Waals surface area contributed by atoms with Gasteiger partial charge in [0.05, 0.1) is 6.54 Å². The van der Waals surface area contributed by atoms with Crippen LogP contribution in [-0.2, 0) is 6.42 Å². The van der Waals surface area contributed by atoms with Gasteiger partial charge in [-0.15, -0.1) is 11.3 Å². The summed E-state index contributed by atoms with van der Waals surface area (Å²) in [5.74, 6) is 0.939. The summed E-state index contributed by atoms with van der Waals surface area (Å²) in [7, 11) is 0. The van der Waals surface area contributed by atoms with Gasteiger partial charge >= 0.3 is 6.03 Å². The Morgan fingerprint density at radius 3 is 2.88 bits per heavy atom. The highest BCUT2D eigenvalue weighted by atomic mass is 32.1. The van der Waals surface area contributed by atoms with Gasteiger partial charge in [0.25, 0.3) is 0 Å². The van der Waals surface area contributed by atoms with E-state index in [1.165, 1.54) is 5.56 Å². The molecule has 1 aromatic heterocycles. The van der Waals surface area contributed by atoms with Crippen molar-refractivity contribution < 1.29 is 9.53 Å². The van der Waals surface area contributed by atoms with Crippen LogP contribution in [0.4, 0.5) is 9.93 Å². The van der Waals surface area contributed by atoms with E-state index in [4.69, 9.17) is 4.74 Å². The van der Waals surface area contributed by atoms with Crippen LogP contribution in [0.2, 0.25) is 0 Å². The van der Waals surface area contributed by atoms with Crippen molar-refractivity contribution in [3.8, 4) is 5.75 Å². The first-order chi connectivity index (χ1) is 11.8. The first-order valence-electron chi connectivity index (χ1n) is 8.21. The first-order valence-corrected chi connectivity index (χ1v) is 9.09. The number of hydrogen-bond donors (Lipinski definition) is 1. The highest BCUT2D eigenvalue weighted by Crippen LogP contribution is 2.27. The monoisotopic (exact) mass is 344 g/mol. The van der Waals surface area contributed by atoms with Crippen molar-refractivity contribution in [2.75, 3.05) is 37.6 Å². The molecule has 1 fully saturated rings. The molecule has 2 amide bonds. The predicted octanol–water partition coefficient (Wildman–Crippen LogP) is 1.98. The second-order valence-corrected chi connectivity index (χ2v) is 6.90. The minimum absolute atomic E-state index is 0.00616. The van der Waals surface area contributed by atoms with Crippen molar-refractivity contribution in [1.82, 2.24) is 15.2 Å². The number of fused-ring (bicyclic) bond motifs is 1. The molecule has 1 aromatic carbocycles. The number of anilines is 1. The number of aromatic nitrogens is 1. The topological polar surface area (TPSA) is 57.7 Å². The van der Waals surface area contributed by atoms with E-state index in [9.17, 15) is 4.79 Å². The molecular formula is C17H20N4O2S. The number of rotatable bonds is 3. The second-order valence-electron chi connectivity index (χ2n) is 6.03. The summed E-state index contributed by atoms with van der Waals surface area (Å²) < 4.78 is 5.86. The minimum Gasteiger partial charge on any atom is -0.488 e. The summed E-state index contributed by atoms with van der Waals surface area (Å²) >= 11 is 1.64. The van der Waals surface area contributed by atoms with Crippen LogP contribution in [0.25, 0.3) is 0 Å². The lowest BCUT2D eigenvalue weighted by Crippen LogP contribution is -2.52. The van der Waals surface area contributed by atoms with Crippen LogP contribution in [0.3, 0.4) is 0 Å². The molecule has 0 radical (unpaired) electrons. The van der Waals surface area contributed by atoms with Crippen LogP contribution in [0, 0.1) is 0 Å². The van der Waals surface area contributed by atoms with Crippen LogP contribution >= 0.6 is 11.3 Å². The third kappa shape index (κ3) is 3.17. The van der Waals surface area contributed by atoms with Crippen LogP contribution in [0.1, 0.15) is 5.56 Å². The third-order valence-electron chi connectivity index (χ3n) is 4.45. The maximum absolute atomic E-state index is 12.3. The Labute approximate surface area is 145 Å². The average molecular weight is 344 g/mol. The molecule has 0 saturated carbocycles. The van der Waals surface area contributed by atoms with Gasteiger partial charge in [-0.05, 0) is 11.6 Å². The number of ether oxygens (including phenoxy) is 1. The SMILES string of the molecule is O=C(NCC1Cc2ccccc2O1)N1CCN(c2nccs2)CC1. The Morgan fingerprint density at radius 1 is 1.29 bits per heavy atom. The molecule has 6 nitrogen and oxygen atoms in total. The van der Waals surface area contributed by atoms with Gasteiger partial charge in [0, 0.05) is 44.2 Å². The highest BCUT2D eigenvalue weighted by Gasteiger charge is 2.25. The number of carbonyl (C=O) groups is 1. The van der Waals surface area contributed by atoms with E-state index in [0.717, 1.165) is 43.5 Å². The number of para-hydroxylation sites is 1. The fourth-order valence-corrected chi connectivity index (χ4v) is 3.85. The van der Waals surface area contributed by atoms with E-state index in [2.05, 4.69) is 21.3 Å². The molecule has 1 atom stereocenters. The zero-order valence-electron chi connectivity index (χ0n) is 13.4. The van der Waals surface area contributed by atoms with Crippen LogP contribution in [-0.4, -0.2) is 54.7 Å². The van der Waals surface area contributed by atoms with Crippen LogP contribution < -0.4 is 15.0 Å². The van der Waals surface area contributed by atoms with Crippen LogP contribution in [0.15, 0.2) is 35.8 Å². The number of piperazine rings is 1. The van der Waals surface area contributed by atoms with E-state index in [1.54, 1.807) is 11.3 Å². The van der Waals surface area contributed by atoms with E-state index in [-0.39, 0.29) is 12.1 Å². The number of carbonyl (C=O) groups excluding carboxylic acids is 1. The Bertz CT molecular complexity index is 673. The molecule has 0 bridgehead atoms. The number of thiazole rings is 1. The quantitative estimate of drug-likeness (QED) is 0.925. The minimum atomic E-state index is -0.00616. The highest BCUT2D eigenvalue weighted by molar-refractivity contribution is 7.13. The molecule has 2 aromatic rings. The summed E-state index contributed by atoms with van der Waals surface area (Å²) in [5.41, 5.74) is 1.22. The molecule has 0 aliphatic carbocycles. The van der Waals surface area contributed by atoms with Crippen molar-refractivity contribution in [3.63, 3.8) is 0 Å². The largest absolute Gasteiger partial charge is 0.488 e. The maximum atomic E-state index is 12.3. The van der Waals surface area contributed by atoms with E-state index >= 15 is 0 Å². The smallest absolute Gasteiger partial charge is 0.317 e. The maximum Gasteiger partial charge on any atom is 0.317 e. The zero-order valence-corrected chi connectivity index (χ0v) is 14.2. The molecule has 1 N–H and O–H groups in total. The van der Waals surface area contributed by atoms with Gasteiger partial charge in [0.1, 0.15) is 11.9 Å². The van der Waals surface area contributed by atoms with Gasteiger partial charge in [0.15, 0.2) is 5.13 Å². The Balaban J connectivity index is 1.23. The second kappa shape index (κ2) is 6.68. The number of hydrogen-bond acceptors (Lipinski definition) is 5. The number of nitrogens with zero attached hydrogens (tertiary/aromatic N) is 3. The standard InChI is InChI=1S/C17H20N4O2S/c22-16(19-12-14-11-13-3-1-2-4-15(13)23-14)20-6-8-21(9-7-20)17-18-5-10-24-17/h1-5,10,14H,6-9,11-12H2,(H,19,22). The fourth-order valence-electron chi connectivity index (χ4n) is 3.15. The molecular weight excluding hydrogens is 324 g/mol. The van der Waals surface area contributed by atoms with E-state index in [0.29, 0.717) is 6.54 Å². The van der Waals surface area contributed by atoms with Crippen LogP contribution in [0.5, 0.6) is 5.75 Å². The molecule has 1 saturated heterocycles. The van der Waals surface area contributed by atoms with Crippen molar-refractivity contribution >= 4 is 22.5 Å². The lowest BCUT2D eigenvalue weighted by atomic mass is 10.1. The van der Waals surface area contributed by atoms with Crippen molar-refractivity contribution in [1.29, 1.82) is 0 Å². The van der Waals surface area contributed by atoms with Gasteiger partial charge in [-0.3, -0.25) is 0 Å². The summed E-state index contributed by atoms with van der Waals surface area (Å²) in [6, 6.07) is 8.05. The summed E-state index contributed by atoms with van der Waals surface area (Å²) in [6.45, 7) is 3.63. The van der Waals surface area contributed by atoms with E-state index < -0.39 is 0 Å². The Kier molecular flexibility index (Phi) is 4.25. The number of urea groups is 1. The van der Waals surface area contributed by atoms with E-state index in [1.807, 2.05) is 34.7 Å². The van der Waals surface area contributed by atoms with Crippen molar-refractivity contribution in [2.45, 2.75) is 12.5 Å². The molecule has 7 heteroatoms.